The van der Waals surface area contributed by atoms with Crippen molar-refractivity contribution >= 4 is 21.6 Å². The third-order valence-electron chi connectivity index (χ3n) is 3.59. The predicted molar refractivity (Wildman–Crippen MR) is 96.1 cm³/mol. The summed E-state index contributed by atoms with van der Waals surface area (Å²) in [7, 11) is -3.39. The van der Waals surface area contributed by atoms with Gasteiger partial charge in [-0.1, -0.05) is 48.0 Å². The summed E-state index contributed by atoms with van der Waals surface area (Å²) >= 11 is 0. The van der Waals surface area contributed by atoms with Gasteiger partial charge in [0.1, 0.15) is 0 Å². The zero-order chi connectivity index (χ0) is 17.6. The number of carbonyl (C=O) groups is 1. The molecule has 2 rings (SSSR count). The SMILES string of the molecule is Cc1ccc(CN(CCC(=O)Nc2ccccc2)S(C)(=O)=O)cc1. The first-order valence-corrected chi connectivity index (χ1v) is 9.55. The number of benzene rings is 2. The van der Waals surface area contributed by atoms with Gasteiger partial charge in [-0.25, -0.2) is 8.42 Å². The van der Waals surface area contributed by atoms with Crippen LogP contribution < -0.4 is 5.32 Å². The highest BCUT2D eigenvalue weighted by molar-refractivity contribution is 7.88. The Labute approximate surface area is 143 Å². The number of hydrogen-bond acceptors (Lipinski definition) is 3. The van der Waals surface area contributed by atoms with Gasteiger partial charge in [0.2, 0.25) is 15.9 Å². The fourth-order valence-corrected chi connectivity index (χ4v) is 3.04. The molecule has 0 saturated heterocycles. The first-order chi connectivity index (χ1) is 11.3. The Morgan fingerprint density at radius 3 is 2.25 bits per heavy atom. The molecule has 0 spiro atoms. The molecule has 0 aromatic heterocycles. The maximum Gasteiger partial charge on any atom is 0.225 e. The molecule has 0 heterocycles. The van der Waals surface area contributed by atoms with Crippen molar-refractivity contribution in [2.45, 2.75) is 19.9 Å². The molecule has 2 aromatic carbocycles. The molecule has 2 aromatic rings. The molecule has 128 valence electrons. The van der Waals surface area contributed by atoms with Gasteiger partial charge < -0.3 is 5.32 Å². The summed E-state index contributed by atoms with van der Waals surface area (Å²) in [6.07, 6.45) is 1.27. The minimum Gasteiger partial charge on any atom is -0.326 e. The molecule has 0 aliphatic rings. The van der Waals surface area contributed by atoms with Crippen molar-refractivity contribution in [2.24, 2.45) is 0 Å². The number of nitrogens with zero attached hydrogens (tertiary/aromatic N) is 1. The second-order valence-corrected chi connectivity index (χ2v) is 7.73. The molecular formula is C18H22N2O3S. The molecule has 0 radical (unpaired) electrons. The van der Waals surface area contributed by atoms with Crippen molar-refractivity contribution in [1.82, 2.24) is 4.31 Å². The predicted octanol–water partition coefficient (Wildman–Crippen LogP) is 2.79. The molecule has 0 aliphatic carbocycles. The number of sulfonamides is 1. The zero-order valence-electron chi connectivity index (χ0n) is 13.9. The van der Waals surface area contributed by atoms with E-state index in [0.717, 1.165) is 17.4 Å². The second-order valence-electron chi connectivity index (χ2n) is 5.75. The van der Waals surface area contributed by atoms with Crippen molar-refractivity contribution in [1.29, 1.82) is 0 Å². The summed E-state index contributed by atoms with van der Waals surface area (Å²) < 4.78 is 25.3. The molecule has 0 bridgehead atoms. The number of amides is 1. The fourth-order valence-electron chi connectivity index (χ4n) is 2.23. The first kappa shape index (κ1) is 18.2. The summed E-state index contributed by atoms with van der Waals surface area (Å²) in [6, 6.07) is 16.8. The van der Waals surface area contributed by atoms with Gasteiger partial charge in [0.15, 0.2) is 0 Å². The Kier molecular flexibility index (Phi) is 6.11. The molecule has 24 heavy (non-hydrogen) atoms. The van der Waals surface area contributed by atoms with E-state index in [2.05, 4.69) is 5.32 Å². The van der Waals surface area contributed by atoms with Crippen molar-refractivity contribution in [3.8, 4) is 0 Å². The summed E-state index contributed by atoms with van der Waals surface area (Å²) in [4.78, 5) is 12.0. The average Bonchev–Trinajstić information content (AvgIpc) is 2.53. The number of nitrogens with one attached hydrogen (secondary N) is 1. The molecule has 0 fully saturated rings. The summed E-state index contributed by atoms with van der Waals surface area (Å²) in [6.45, 7) is 2.38. The summed E-state index contributed by atoms with van der Waals surface area (Å²) in [5.74, 6) is -0.209. The van der Waals surface area contributed by atoms with Crippen LogP contribution in [-0.4, -0.2) is 31.4 Å². The number of rotatable bonds is 7. The van der Waals surface area contributed by atoms with Gasteiger partial charge in [-0.15, -0.1) is 0 Å². The molecule has 6 heteroatoms. The minimum absolute atomic E-state index is 0.105. The zero-order valence-corrected chi connectivity index (χ0v) is 14.7. The van der Waals surface area contributed by atoms with Crippen LogP contribution in [0.4, 0.5) is 5.69 Å². The maximum atomic E-state index is 12.0. The van der Waals surface area contributed by atoms with Crippen molar-refractivity contribution < 1.29 is 13.2 Å². The Bertz CT molecular complexity index is 772. The Balaban J connectivity index is 1.96. The van der Waals surface area contributed by atoms with Crippen LogP contribution in [0.15, 0.2) is 54.6 Å². The molecule has 1 N–H and O–H groups in total. The number of hydrogen-bond donors (Lipinski definition) is 1. The van der Waals surface area contributed by atoms with E-state index in [4.69, 9.17) is 0 Å². The van der Waals surface area contributed by atoms with E-state index in [9.17, 15) is 13.2 Å². The van der Waals surface area contributed by atoms with Gasteiger partial charge in [-0.2, -0.15) is 4.31 Å². The van der Waals surface area contributed by atoms with Crippen LogP contribution >= 0.6 is 0 Å². The Morgan fingerprint density at radius 1 is 1.04 bits per heavy atom. The van der Waals surface area contributed by atoms with Crippen LogP contribution in [0.2, 0.25) is 0 Å². The summed E-state index contributed by atoms with van der Waals surface area (Å²) in [5.41, 5.74) is 2.72. The average molecular weight is 346 g/mol. The minimum atomic E-state index is -3.39. The standard InChI is InChI=1S/C18H22N2O3S/c1-15-8-10-16(11-9-15)14-20(24(2,22)23)13-12-18(21)19-17-6-4-3-5-7-17/h3-11H,12-14H2,1-2H3,(H,19,21). The van der Waals surface area contributed by atoms with Gasteiger partial charge in [-0.3, -0.25) is 4.79 Å². The Hall–Kier alpha value is -2.18. The van der Waals surface area contributed by atoms with Crippen LogP contribution in [-0.2, 0) is 21.4 Å². The third kappa shape index (κ3) is 5.79. The highest BCUT2D eigenvalue weighted by Crippen LogP contribution is 2.11. The van der Waals surface area contributed by atoms with Gasteiger partial charge in [0, 0.05) is 25.2 Å². The molecule has 0 unspecified atom stereocenters. The largest absolute Gasteiger partial charge is 0.326 e. The van der Waals surface area contributed by atoms with E-state index in [1.54, 1.807) is 12.1 Å². The van der Waals surface area contributed by atoms with Crippen molar-refractivity contribution in [3.63, 3.8) is 0 Å². The first-order valence-electron chi connectivity index (χ1n) is 7.70. The van der Waals surface area contributed by atoms with Gasteiger partial charge >= 0.3 is 0 Å². The van der Waals surface area contributed by atoms with E-state index in [1.165, 1.54) is 4.31 Å². The molecule has 0 aliphatic heterocycles. The fraction of sp³-hybridized carbons (Fsp3) is 0.278. The van der Waals surface area contributed by atoms with Crippen molar-refractivity contribution in [2.75, 3.05) is 18.1 Å². The lowest BCUT2D eigenvalue weighted by atomic mass is 10.1. The number of aryl methyl sites for hydroxylation is 1. The highest BCUT2D eigenvalue weighted by atomic mass is 32.2. The molecular weight excluding hydrogens is 324 g/mol. The summed E-state index contributed by atoms with van der Waals surface area (Å²) in [5, 5.41) is 2.76. The van der Waals surface area contributed by atoms with Crippen LogP contribution in [0, 0.1) is 6.92 Å². The van der Waals surface area contributed by atoms with Crippen LogP contribution in [0.5, 0.6) is 0 Å². The molecule has 5 nitrogen and oxygen atoms in total. The lowest BCUT2D eigenvalue weighted by Crippen LogP contribution is -2.32. The van der Waals surface area contributed by atoms with Crippen LogP contribution in [0.3, 0.4) is 0 Å². The van der Waals surface area contributed by atoms with Gasteiger partial charge in [0.25, 0.3) is 0 Å². The van der Waals surface area contributed by atoms with E-state index in [-0.39, 0.29) is 25.4 Å². The Morgan fingerprint density at radius 2 is 1.67 bits per heavy atom. The van der Waals surface area contributed by atoms with E-state index < -0.39 is 10.0 Å². The molecule has 1 amide bonds. The molecule has 0 saturated carbocycles. The van der Waals surface area contributed by atoms with Crippen LogP contribution in [0.25, 0.3) is 0 Å². The number of carbonyl (C=O) groups excluding carboxylic acids is 1. The lowest BCUT2D eigenvalue weighted by Gasteiger charge is -2.20. The smallest absolute Gasteiger partial charge is 0.225 e. The maximum absolute atomic E-state index is 12.0. The number of anilines is 1. The van der Waals surface area contributed by atoms with Crippen LogP contribution in [0.1, 0.15) is 17.5 Å². The highest BCUT2D eigenvalue weighted by Gasteiger charge is 2.18. The number of para-hydroxylation sites is 1. The van der Waals surface area contributed by atoms with E-state index in [1.807, 2.05) is 49.4 Å². The van der Waals surface area contributed by atoms with Crippen molar-refractivity contribution in [3.05, 3.63) is 65.7 Å². The quantitative estimate of drug-likeness (QED) is 0.838. The topological polar surface area (TPSA) is 66.5 Å². The lowest BCUT2D eigenvalue weighted by molar-refractivity contribution is -0.116. The third-order valence-corrected chi connectivity index (χ3v) is 4.84. The second kappa shape index (κ2) is 8.08. The monoisotopic (exact) mass is 346 g/mol. The van der Waals surface area contributed by atoms with E-state index in [0.29, 0.717) is 5.69 Å². The normalized spacial score (nSPS) is 11.5. The molecule has 0 atom stereocenters. The van der Waals surface area contributed by atoms with Gasteiger partial charge in [0.05, 0.1) is 6.26 Å². The van der Waals surface area contributed by atoms with Gasteiger partial charge in [-0.05, 0) is 24.6 Å². The van der Waals surface area contributed by atoms with E-state index >= 15 is 0 Å².